The molecule has 3 aromatic heterocycles. The van der Waals surface area contributed by atoms with Gasteiger partial charge in [0.2, 0.25) is 0 Å². The predicted molar refractivity (Wildman–Crippen MR) is 59.3 cm³/mol. The van der Waals surface area contributed by atoms with Crippen molar-refractivity contribution in [2.75, 3.05) is 0 Å². The lowest BCUT2D eigenvalue weighted by atomic mass is 10.1. The number of hydrogen-bond acceptors (Lipinski definition) is 2. The number of rotatable bonds is 1. The molecule has 0 radical (unpaired) electrons. The van der Waals surface area contributed by atoms with Crippen molar-refractivity contribution < 1.29 is 4.39 Å². The minimum atomic E-state index is -0.323. The van der Waals surface area contributed by atoms with Crippen LogP contribution in [-0.4, -0.2) is 15.0 Å². The van der Waals surface area contributed by atoms with Crippen molar-refractivity contribution in [3.8, 4) is 11.1 Å². The van der Waals surface area contributed by atoms with E-state index in [4.69, 9.17) is 0 Å². The van der Waals surface area contributed by atoms with Crippen LogP contribution in [0.5, 0.6) is 0 Å². The molecule has 0 unspecified atom stereocenters. The predicted octanol–water partition coefficient (Wildman–Crippen LogP) is 2.76. The third-order valence-corrected chi connectivity index (χ3v) is 2.52. The molecule has 0 aliphatic heterocycles. The van der Waals surface area contributed by atoms with Gasteiger partial charge in [-0.1, -0.05) is 0 Å². The molecule has 3 heterocycles. The van der Waals surface area contributed by atoms with Crippen LogP contribution in [-0.2, 0) is 0 Å². The maximum atomic E-state index is 13.6. The highest BCUT2D eigenvalue weighted by molar-refractivity contribution is 5.92. The molecule has 0 bridgehead atoms. The van der Waals surface area contributed by atoms with Gasteiger partial charge < -0.3 is 4.98 Å². The number of hydrogen-bond donors (Lipinski definition) is 1. The molecule has 0 spiro atoms. The number of fused-ring (bicyclic) bond motifs is 1. The molecule has 78 valence electrons. The molecule has 0 amide bonds. The van der Waals surface area contributed by atoms with E-state index in [9.17, 15) is 4.39 Å². The van der Waals surface area contributed by atoms with Crippen LogP contribution in [0.3, 0.4) is 0 Å². The van der Waals surface area contributed by atoms with Gasteiger partial charge >= 0.3 is 0 Å². The Kier molecular flexibility index (Phi) is 1.93. The highest BCUT2D eigenvalue weighted by Gasteiger charge is 2.09. The van der Waals surface area contributed by atoms with Crippen molar-refractivity contribution in [3.05, 3.63) is 48.8 Å². The van der Waals surface area contributed by atoms with E-state index >= 15 is 0 Å². The van der Waals surface area contributed by atoms with Crippen LogP contribution in [0.15, 0.2) is 43.0 Å². The second-order valence-corrected chi connectivity index (χ2v) is 3.45. The summed E-state index contributed by atoms with van der Waals surface area (Å²) < 4.78 is 13.6. The zero-order valence-electron chi connectivity index (χ0n) is 8.31. The normalized spacial score (nSPS) is 10.8. The Bertz CT molecular complexity index is 645. The molecule has 1 N–H and O–H groups in total. The smallest absolute Gasteiger partial charge is 0.149 e. The van der Waals surface area contributed by atoms with E-state index in [0.717, 1.165) is 16.6 Å². The fourth-order valence-electron chi connectivity index (χ4n) is 1.79. The van der Waals surface area contributed by atoms with E-state index in [1.54, 1.807) is 30.7 Å². The van der Waals surface area contributed by atoms with Crippen LogP contribution < -0.4 is 0 Å². The maximum absolute atomic E-state index is 13.6. The Morgan fingerprint density at radius 1 is 1.06 bits per heavy atom. The van der Waals surface area contributed by atoms with Crippen LogP contribution in [0.1, 0.15) is 0 Å². The van der Waals surface area contributed by atoms with Gasteiger partial charge in [0.1, 0.15) is 11.5 Å². The summed E-state index contributed by atoms with van der Waals surface area (Å²) >= 11 is 0. The van der Waals surface area contributed by atoms with Gasteiger partial charge in [0.15, 0.2) is 0 Å². The average molecular weight is 213 g/mol. The quantitative estimate of drug-likeness (QED) is 0.675. The van der Waals surface area contributed by atoms with Gasteiger partial charge in [-0.2, -0.15) is 0 Å². The van der Waals surface area contributed by atoms with Crippen LogP contribution in [0.4, 0.5) is 4.39 Å². The summed E-state index contributed by atoms with van der Waals surface area (Å²) in [5, 5.41) is 0.910. The molecule has 4 heteroatoms. The first-order chi connectivity index (χ1) is 7.86. The van der Waals surface area contributed by atoms with Crippen LogP contribution in [0, 0.1) is 5.82 Å². The number of aromatic amines is 1. The largest absolute Gasteiger partial charge is 0.346 e. The van der Waals surface area contributed by atoms with E-state index in [2.05, 4.69) is 15.0 Å². The van der Waals surface area contributed by atoms with Crippen molar-refractivity contribution in [1.82, 2.24) is 15.0 Å². The van der Waals surface area contributed by atoms with Crippen molar-refractivity contribution in [2.45, 2.75) is 0 Å². The molecule has 0 saturated heterocycles. The maximum Gasteiger partial charge on any atom is 0.149 e. The highest BCUT2D eigenvalue weighted by atomic mass is 19.1. The minimum Gasteiger partial charge on any atom is -0.346 e. The standard InChI is InChI=1S/C12H8FN3/c13-11-7-14-4-1-9(11)8-2-5-15-12-10(8)3-6-16-12/h1-7H,(H,15,16). The highest BCUT2D eigenvalue weighted by Crippen LogP contribution is 2.28. The van der Waals surface area contributed by atoms with E-state index in [0.29, 0.717) is 5.56 Å². The van der Waals surface area contributed by atoms with Gasteiger partial charge in [-0.3, -0.25) is 4.98 Å². The first-order valence-electron chi connectivity index (χ1n) is 4.88. The van der Waals surface area contributed by atoms with Crippen molar-refractivity contribution in [2.24, 2.45) is 0 Å². The molecule has 0 atom stereocenters. The lowest BCUT2D eigenvalue weighted by Crippen LogP contribution is -1.87. The molecule has 3 aromatic rings. The number of aromatic nitrogens is 3. The molecular formula is C12H8FN3. The molecule has 3 rings (SSSR count). The SMILES string of the molecule is Fc1cnccc1-c1ccnc2[nH]ccc12. The Morgan fingerprint density at radius 3 is 2.81 bits per heavy atom. The number of pyridine rings is 2. The molecule has 0 aliphatic rings. The number of nitrogens with one attached hydrogen (secondary N) is 1. The molecule has 0 saturated carbocycles. The van der Waals surface area contributed by atoms with Gasteiger partial charge in [-0.25, -0.2) is 9.37 Å². The molecule has 16 heavy (non-hydrogen) atoms. The second kappa shape index (κ2) is 3.41. The third kappa shape index (κ3) is 1.27. The summed E-state index contributed by atoms with van der Waals surface area (Å²) in [5.41, 5.74) is 2.13. The van der Waals surface area contributed by atoms with E-state index in [1.165, 1.54) is 6.20 Å². The zero-order valence-corrected chi connectivity index (χ0v) is 8.31. The van der Waals surface area contributed by atoms with Gasteiger partial charge in [0.05, 0.1) is 6.20 Å². The average Bonchev–Trinajstić information content (AvgIpc) is 2.77. The molecule has 0 aromatic carbocycles. The van der Waals surface area contributed by atoms with Gasteiger partial charge in [-0.05, 0) is 23.8 Å². The Hall–Kier alpha value is -2.23. The fraction of sp³-hybridized carbons (Fsp3) is 0. The summed E-state index contributed by atoms with van der Waals surface area (Å²) in [5.74, 6) is -0.323. The van der Waals surface area contributed by atoms with Crippen molar-refractivity contribution in [1.29, 1.82) is 0 Å². The lowest BCUT2D eigenvalue weighted by Gasteiger charge is -2.03. The second-order valence-electron chi connectivity index (χ2n) is 3.45. The van der Waals surface area contributed by atoms with Gasteiger partial charge in [-0.15, -0.1) is 0 Å². The fourth-order valence-corrected chi connectivity index (χ4v) is 1.79. The van der Waals surface area contributed by atoms with Crippen LogP contribution >= 0.6 is 0 Å². The monoisotopic (exact) mass is 213 g/mol. The number of nitrogens with zero attached hydrogens (tertiary/aromatic N) is 2. The summed E-state index contributed by atoms with van der Waals surface area (Å²) in [6, 6.07) is 5.35. The van der Waals surface area contributed by atoms with E-state index < -0.39 is 0 Å². The summed E-state index contributed by atoms with van der Waals surface area (Å²) in [7, 11) is 0. The third-order valence-electron chi connectivity index (χ3n) is 2.52. The molecular weight excluding hydrogens is 205 g/mol. The van der Waals surface area contributed by atoms with Crippen LogP contribution in [0.25, 0.3) is 22.2 Å². The zero-order chi connectivity index (χ0) is 11.0. The topological polar surface area (TPSA) is 41.6 Å². The molecule has 3 nitrogen and oxygen atoms in total. The Balaban J connectivity index is 2.34. The van der Waals surface area contributed by atoms with Crippen molar-refractivity contribution >= 4 is 11.0 Å². The van der Waals surface area contributed by atoms with E-state index in [1.807, 2.05) is 6.07 Å². The first kappa shape index (κ1) is 9.03. The molecule has 0 fully saturated rings. The first-order valence-corrected chi connectivity index (χ1v) is 4.88. The van der Waals surface area contributed by atoms with E-state index in [-0.39, 0.29) is 5.82 Å². The summed E-state index contributed by atoms with van der Waals surface area (Å²) in [6.07, 6.45) is 6.25. The Labute approximate surface area is 91.0 Å². The van der Waals surface area contributed by atoms with Gasteiger partial charge in [0.25, 0.3) is 0 Å². The number of halogens is 1. The number of H-pyrrole nitrogens is 1. The van der Waals surface area contributed by atoms with Crippen molar-refractivity contribution in [3.63, 3.8) is 0 Å². The molecule has 0 aliphatic carbocycles. The summed E-state index contributed by atoms with van der Waals surface area (Å²) in [6.45, 7) is 0. The minimum absolute atomic E-state index is 0.323. The Morgan fingerprint density at radius 2 is 1.94 bits per heavy atom. The summed E-state index contributed by atoms with van der Waals surface area (Å²) in [4.78, 5) is 10.9. The van der Waals surface area contributed by atoms with Gasteiger partial charge in [0, 0.05) is 29.5 Å². The van der Waals surface area contributed by atoms with Crippen LogP contribution in [0.2, 0.25) is 0 Å². The lowest BCUT2D eigenvalue weighted by molar-refractivity contribution is 0.625.